The number of nitrogens with two attached hydrogens (primary N) is 1. The minimum atomic E-state index is -1.65. The highest BCUT2D eigenvalue weighted by atomic mass is 35.5. The third kappa shape index (κ3) is 22.3. The van der Waals surface area contributed by atoms with Crippen LogP contribution < -0.4 is 5.73 Å². The van der Waals surface area contributed by atoms with Gasteiger partial charge in [-0.3, -0.25) is 9.59 Å². The fourth-order valence-corrected chi connectivity index (χ4v) is 8.01. The van der Waals surface area contributed by atoms with Crippen molar-refractivity contribution in [3.05, 3.63) is 285 Å². The van der Waals surface area contributed by atoms with Crippen molar-refractivity contribution in [2.75, 3.05) is 19.5 Å². The predicted octanol–water partition coefficient (Wildman–Crippen LogP) is 17.4. The molecule has 1 unspecified atom stereocenters. The first-order valence-electron chi connectivity index (χ1n) is 24.6. The zero-order valence-electron chi connectivity index (χ0n) is 43.3. The minimum Gasteiger partial charge on any atom is -0.328 e. The van der Waals surface area contributed by atoms with Crippen molar-refractivity contribution in [1.82, 2.24) is 0 Å². The van der Waals surface area contributed by atoms with Gasteiger partial charge in [-0.25, -0.2) is 35.1 Å². The van der Waals surface area contributed by atoms with E-state index in [9.17, 15) is 49.3 Å². The second kappa shape index (κ2) is 31.3. The Bertz CT molecular complexity index is 3020. The molecule has 0 radical (unpaired) electrons. The molecule has 1 atom stereocenters. The van der Waals surface area contributed by atoms with E-state index in [4.69, 9.17) is 17.3 Å². The van der Waals surface area contributed by atoms with Crippen LogP contribution in [0.1, 0.15) is 107 Å². The topological polar surface area (TPSA) is 77.2 Å². The maximum Gasteiger partial charge on any atom is 0.222 e. The fraction of sp³-hybridized carbons (Fsp3) is 0.206. The van der Waals surface area contributed by atoms with E-state index in [2.05, 4.69) is 0 Å². The van der Waals surface area contributed by atoms with Gasteiger partial charge in [0.2, 0.25) is 5.24 Å². The SMILES string of the molecule is CC(N)CC(c1cccc(F)c1)c1cccc(F)c1.CCC(c1cccc(F)c1)c1cccc(F)c1.CCP(C)(C)=O.O=C(Cl)CC(c1cccc(F)c1)c1cccc(F)c1.O=C(c1cccc(F)c1)c1cccc(F)c1. The minimum absolute atomic E-state index is 0.00549. The summed E-state index contributed by atoms with van der Waals surface area (Å²) in [6, 6.07) is 48.2. The van der Waals surface area contributed by atoms with Gasteiger partial charge >= 0.3 is 0 Å². The molecule has 2 N–H and O–H groups in total. The van der Waals surface area contributed by atoms with Crippen LogP contribution >= 0.6 is 18.7 Å². The largest absolute Gasteiger partial charge is 0.328 e. The highest BCUT2D eigenvalue weighted by molar-refractivity contribution is 7.62. The number of carbonyl (C=O) groups excluding carboxylic acids is 2. The van der Waals surface area contributed by atoms with Crippen LogP contribution in [0.4, 0.5) is 35.1 Å². The first-order valence-corrected chi connectivity index (χ1v) is 27.8. The van der Waals surface area contributed by atoms with Gasteiger partial charge in [0.05, 0.1) is 7.14 Å². The summed E-state index contributed by atoms with van der Waals surface area (Å²) in [5, 5.41) is -0.543. The monoisotopic (exact) mass is 1100 g/mol. The molecule has 77 heavy (non-hydrogen) atoms. The molecule has 0 fully saturated rings. The van der Waals surface area contributed by atoms with Crippen molar-refractivity contribution in [3.63, 3.8) is 0 Å². The molecular weight excluding hydrogens is 1040 g/mol. The van der Waals surface area contributed by atoms with Gasteiger partial charge in [-0.05, 0) is 181 Å². The molecule has 14 heteroatoms. The normalized spacial score (nSPS) is 11.2. The van der Waals surface area contributed by atoms with E-state index in [0.29, 0.717) is 17.5 Å². The lowest BCUT2D eigenvalue weighted by atomic mass is 9.86. The van der Waals surface area contributed by atoms with Gasteiger partial charge in [-0.2, -0.15) is 0 Å². The van der Waals surface area contributed by atoms with Crippen molar-refractivity contribution in [1.29, 1.82) is 0 Å². The summed E-state index contributed by atoms with van der Waals surface area (Å²) in [7, 11) is -1.65. The Kier molecular flexibility index (Phi) is 25.4. The van der Waals surface area contributed by atoms with Crippen LogP contribution in [-0.2, 0) is 9.36 Å². The van der Waals surface area contributed by atoms with Crippen LogP contribution in [-0.4, -0.2) is 36.6 Å². The zero-order valence-corrected chi connectivity index (χ0v) is 44.9. The van der Waals surface area contributed by atoms with Crippen LogP contribution in [0.2, 0.25) is 0 Å². The van der Waals surface area contributed by atoms with Gasteiger partial charge in [-0.15, -0.1) is 0 Å². The van der Waals surface area contributed by atoms with Crippen LogP contribution in [0.5, 0.6) is 0 Å². The molecule has 0 amide bonds. The average Bonchev–Trinajstić information content (AvgIpc) is 3.38. The van der Waals surface area contributed by atoms with Gasteiger partial charge in [0, 0.05) is 41.3 Å². The molecule has 0 bridgehead atoms. The number of rotatable bonds is 14. The van der Waals surface area contributed by atoms with Gasteiger partial charge in [0.15, 0.2) is 5.78 Å². The zero-order chi connectivity index (χ0) is 56.7. The molecule has 8 aromatic carbocycles. The van der Waals surface area contributed by atoms with Gasteiger partial charge in [0.1, 0.15) is 46.5 Å². The van der Waals surface area contributed by atoms with E-state index in [0.717, 1.165) is 47.0 Å². The number of benzene rings is 8. The fourth-order valence-electron chi connectivity index (χ4n) is 7.86. The van der Waals surface area contributed by atoms with E-state index in [-0.39, 0.29) is 64.5 Å². The first-order chi connectivity index (χ1) is 36.5. The van der Waals surface area contributed by atoms with Crippen molar-refractivity contribution in [3.8, 4) is 0 Å². The quantitative estimate of drug-likeness (QED) is 0.0509. The number of hydrogen-bond donors (Lipinski definition) is 1. The van der Waals surface area contributed by atoms with Gasteiger partial charge < -0.3 is 10.3 Å². The summed E-state index contributed by atoms with van der Waals surface area (Å²) in [6.07, 6.45) is 2.28. The third-order valence-electron chi connectivity index (χ3n) is 11.8. The number of hydrogen-bond acceptors (Lipinski definition) is 4. The maximum absolute atomic E-state index is 13.4. The Morgan fingerprint density at radius 2 is 0.688 bits per heavy atom. The Morgan fingerprint density at radius 1 is 0.442 bits per heavy atom. The smallest absolute Gasteiger partial charge is 0.222 e. The summed E-state index contributed by atoms with van der Waals surface area (Å²) in [4.78, 5) is 23.0. The highest BCUT2D eigenvalue weighted by Crippen LogP contribution is 2.34. The number of halogens is 9. The molecule has 0 aliphatic carbocycles. The summed E-state index contributed by atoms with van der Waals surface area (Å²) < 4.78 is 116. The van der Waals surface area contributed by atoms with Crippen molar-refractivity contribution in [2.24, 2.45) is 5.73 Å². The molecule has 404 valence electrons. The molecular formula is C63H61ClF8NO3P. The molecule has 0 heterocycles. The highest BCUT2D eigenvalue weighted by Gasteiger charge is 2.20. The van der Waals surface area contributed by atoms with E-state index >= 15 is 0 Å². The second-order valence-electron chi connectivity index (χ2n) is 18.4. The second-order valence-corrected chi connectivity index (χ2v) is 22.6. The van der Waals surface area contributed by atoms with Crippen LogP contribution in [0.3, 0.4) is 0 Å². The van der Waals surface area contributed by atoms with Gasteiger partial charge in [-0.1, -0.05) is 111 Å². The Morgan fingerprint density at radius 3 is 0.909 bits per heavy atom. The van der Waals surface area contributed by atoms with E-state index in [1.54, 1.807) is 61.9 Å². The summed E-state index contributed by atoms with van der Waals surface area (Å²) in [6.45, 7) is 9.45. The van der Waals surface area contributed by atoms with Crippen molar-refractivity contribution < 1.29 is 49.3 Å². The third-order valence-corrected chi connectivity index (χ3v) is 13.5. The molecule has 0 spiro atoms. The van der Waals surface area contributed by atoms with Crippen molar-refractivity contribution in [2.45, 2.75) is 63.8 Å². The van der Waals surface area contributed by atoms with Crippen LogP contribution in [0.25, 0.3) is 0 Å². The molecule has 4 nitrogen and oxygen atoms in total. The molecule has 0 aliphatic rings. The molecule has 0 saturated heterocycles. The predicted molar refractivity (Wildman–Crippen MR) is 294 cm³/mol. The van der Waals surface area contributed by atoms with Gasteiger partial charge in [0.25, 0.3) is 0 Å². The summed E-state index contributed by atoms with van der Waals surface area (Å²) >= 11 is 5.43. The Balaban J connectivity index is 0.000000214. The summed E-state index contributed by atoms with van der Waals surface area (Å²) in [5.41, 5.74) is 10.9. The molecule has 8 rings (SSSR count). The Labute approximate surface area is 451 Å². The molecule has 0 aliphatic heterocycles. The first kappa shape index (κ1) is 62.6. The lowest BCUT2D eigenvalue weighted by Gasteiger charge is -2.20. The molecule has 8 aromatic rings. The standard InChI is InChI=1S/C16H17F2N.C15H11ClF2O.C15H14F2.C13H8F2O.C4H11OP/c1-11(19)8-16(12-4-2-6-14(17)9-12)13-5-3-7-15(18)10-13;16-15(19)9-14(10-3-1-5-12(17)7-10)11-4-2-6-13(18)8-11;1-2-15(11-5-3-7-13(16)9-11)12-6-4-8-14(17)10-12;14-11-5-1-3-9(7-11)13(16)10-4-2-6-12(15)8-10;1-4-6(2,3)5/h2-7,9-11,16H,8,19H2,1H3;1-8,14H,9H2;3-10,15H,2H2,1H3;1-8H;4H2,1-3H3. The van der Waals surface area contributed by atoms with E-state index in [1.807, 2.05) is 45.0 Å². The van der Waals surface area contributed by atoms with E-state index < -0.39 is 41.6 Å². The average molecular weight is 1100 g/mol. The van der Waals surface area contributed by atoms with E-state index in [1.165, 1.54) is 109 Å². The lowest BCUT2D eigenvalue weighted by molar-refractivity contribution is -0.111. The van der Waals surface area contributed by atoms with Crippen LogP contribution in [0, 0.1) is 46.5 Å². The van der Waals surface area contributed by atoms with Crippen molar-refractivity contribution >= 4 is 29.8 Å². The lowest BCUT2D eigenvalue weighted by Crippen LogP contribution is -2.19. The van der Waals surface area contributed by atoms with Crippen LogP contribution in [0.15, 0.2) is 194 Å². The molecule has 0 aromatic heterocycles. The summed E-state index contributed by atoms with van der Waals surface area (Å²) in [5.74, 6) is -3.74. The molecule has 0 saturated carbocycles. The number of carbonyl (C=O) groups is 2. The maximum atomic E-state index is 13.4. The Hall–Kier alpha value is -6.98. The number of ketones is 1.